The predicted molar refractivity (Wildman–Crippen MR) is 82.6 cm³/mol. The third-order valence-corrected chi connectivity index (χ3v) is 2.98. The molecule has 1 amide bonds. The molecular formula is C15H18N2O6. The van der Waals surface area contributed by atoms with Crippen LogP contribution in [-0.4, -0.2) is 34.6 Å². The van der Waals surface area contributed by atoms with Crippen molar-refractivity contribution >= 4 is 17.6 Å². The Morgan fingerprint density at radius 2 is 2.22 bits per heavy atom. The van der Waals surface area contributed by atoms with Gasteiger partial charge in [-0.25, -0.2) is 4.79 Å². The number of nitrogens with one attached hydrogen (secondary N) is 1. The van der Waals surface area contributed by atoms with Crippen molar-refractivity contribution in [3.8, 4) is 5.75 Å². The highest BCUT2D eigenvalue weighted by molar-refractivity contribution is 6.00. The third kappa shape index (κ3) is 5.10. The molecule has 0 saturated heterocycles. The van der Waals surface area contributed by atoms with E-state index in [1.54, 1.807) is 6.92 Å². The van der Waals surface area contributed by atoms with Crippen molar-refractivity contribution in [2.45, 2.75) is 25.8 Å². The Kier molecular flexibility index (Phi) is 6.72. The summed E-state index contributed by atoms with van der Waals surface area (Å²) in [6.45, 7) is 5.55. The topological polar surface area (TPSA) is 119 Å². The molecule has 0 saturated carbocycles. The molecule has 0 radical (unpaired) electrons. The van der Waals surface area contributed by atoms with Crippen LogP contribution >= 0.6 is 0 Å². The van der Waals surface area contributed by atoms with Crippen molar-refractivity contribution in [3.05, 3.63) is 46.5 Å². The molecule has 8 heteroatoms. The van der Waals surface area contributed by atoms with Gasteiger partial charge in [-0.05, 0) is 31.9 Å². The average molecular weight is 322 g/mol. The molecular weight excluding hydrogens is 304 g/mol. The van der Waals surface area contributed by atoms with Crippen LogP contribution in [0.3, 0.4) is 0 Å². The number of allylic oxidation sites excluding steroid dienone is 1. The van der Waals surface area contributed by atoms with Gasteiger partial charge in [0.15, 0.2) is 0 Å². The number of nitrogens with zero attached hydrogens (tertiary/aromatic N) is 1. The van der Waals surface area contributed by atoms with Gasteiger partial charge in [-0.1, -0.05) is 6.08 Å². The number of nitro benzene ring substituents is 1. The molecule has 1 unspecified atom stereocenters. The molecule has 0 spiro atoms. The van der Waals surface area contributed by atoms with E-state index in [1.165, 1.54) is 18.2 Å². The summed E-state index contributed by atoms with van der Waals surface area (Å²) < 4.78 is 5.22. The van der Waals surface area contributed by atoms with Gasteiger partial charge in [0.25, 0.3) is 11.6 Å². The number of aliphatic carboxylic acids is 1. The lowest BCUT2D eigenvalue weighted by atomic mass is 10.1. The summed E-state index contributed by atoms with van der Waals surface area (Å²) in [6, 6.07) is 2.60. The Morgan fingerprint density at radius 1 is 1.52 bits per heavy atom. The number of carbonyl (C=O) groups is 2. The van der Waals surface area contributed by atoms with Crippen LogP contribution in [-0.2, 0) is 4.79 Å². The van der Waals surface area contributed by atoms with E-state index in [2.05, 4.69) is 11.9 Å². The molecule has 2 N–H and O–H groups in total. The standard InChI is InChI=1S/C15H18N2O6/c1-3-5-6-12(15(19)20)16-14(18)11-9-10(23-4-2)7-8-13(11)17(21)22/h3,7-9,12H,1,4-6H2,2H3,(H,16,18)(H,19,20). The quantitative estimate of drug-likeness (QED) is 0.408. The zero-order chi connectivity index (χ0) is 17.4. The first kappa shape index (κ1) is 18.1. The van der Waals surface area contributed by atoms with Gasteiger partial charge < -0.3 is 15.2 Å². The monoisotopic (exact) mass is 322 g/mol. The fourth-order valence-electron chi connectivity index (χ4n) is 1.89. The molecule has 0 aromatic heterocycles. The molecule has 0 bridgehead atoms. The maximum atomic E-state index is 12.2. The van der Waals surface area contributed by atoms with Crippen LogP contribution in [0.25, 0.3) is 0 Å². The Morgan fingerprint density at radius 3 is 2.74 bits per heavy atom. The third-order valence-electron chi connectivity index (χ3n) is 2.98. The lowest BCUT2D eigenvalue weighted by Crippen LogP contribution is -2.40. The fourth-order valence-corrected chi connectivity index (χ4v) is 1.89. The van der Waals surface area contributed by atoms with E-state index >= 15 is 0 Å². The van der Waals surface area contributed by atoms with Crippen molar-refractivity contribution in [1.82, 2.24) is 5.32 Å². The van der Waals surface area contributed by atoms with E-state index in [4.69, 9.17) is 9.84 Å². The number of hydrogen-bond donors (Lipinski definition) is 2. The number of carbonyl (C=O) groups excluding carboxylic acids is 1. The molecule has 124 valence electrons. The second-order valence-electron chi connectivity index (χ2n) is 4.60. The lowest BCUT2D eigenvalue weighted by Gasteiger charge is -2.14. The average Bonchev–Trinajstić information content (AvgIpc) is 2.50. The van der Waals surface area contributed by atoms with Crippen molar-refractivity contribution < 1.29 is 24.4 Å². The van der Waals surface area contributed by atoms with E-state index in [-0.39, 0.29) is 12.0 Å². The minimum atomic E-state index is -1.22. The number of ether oxygens (including phenoxy) is 1. The Labute approximate surface area is 132 Å². The van der Waals surface area contributed by atoms with Gasteiger partial charge in [0.05, 0.1) is 11.5 Å². The Balaban J connectivity index is 3.08. The summed E-state index contributed by atoms with van der Waals surface area (Å²) in [4.78, 5) is 33.7. The van der Waals surface area contributed by atoms with Crippen LogP contribution in [0.5, 0.6) is 5.75 Å². The largest absolute Gasteiger partial charge is 0.494 e. The van der Waals surface area contributed by atoms with Crippen LogP contribution in [0.4, 0.5) is 5.69 Å². The summed E-state index contributed by atoms with van der Waals surface area (Å²) >= 11 is 0. The predicted octanol–water partition coefficient (Wildman–Crippen LogP) is 2.14. The van der Waals surface area contributed by atoms with Gasteiger partial charge in [0.1, 0.15) is 17.4 Å². The maximum Gasteiger partial charge on any atom is 0.326 e. The molecule has 0 fully saturated rings. The summed E-state index contributed by atoms with van der Waals surface area (Å²) in [6.07, 6.45) is 2.06. The smallest absolute Gasteiger partial charge is 0.326 e. The molecule has 1 aromatic carbocycles. The number of carboxylic acid groups (broad SMARTS) is 1. The van der Waals surface area contributed by atoms with Crippen molar-refractivity contribution in [2.75, 3.05) is 6.61 Å². The Bertz CT molecular complexity index is 614. The molecule has 1 atom stereocenters. The fraction of sp³-hybridized carbons (Fsp3) is 0.333. The molecule has 0 aliphatic rings. The highest BCUT2D eigenvalue weighted by Gasteiger charge is 2.25. The van der Waals surface area contributed by atoms with E-state index < -0.39 is 28.5 Å². The van der Waals surface area contributed by atoms with Crippen molar-refractivity contribution in [2.24, 2.45) is 0 Å². The van der Waals surface area contributed by atoms with Gasteiger partial charge in [0.2, 0.25) is 0 Å². The number of carboxylic acids is 1. The molecule has 1 aromatic rings. The van der Waals surface area contributed by atoms with E-state index in [1.807, 2.05) is 0 Å². The zero-order valence-corrected chi connectivity index (χ0v) is 12.7. The number of benzene rings is 1. The first-order chi connectivity index (χ1) is 10.9. The second-order valence-corrected chi connectivity index (χ2v) is 4.60. The van der Waals surface area contributed by atoms with Crippen LogP contribution in [0.2, 0.25) is 0 Å². The van der Waals surface area contributed by atoms with Gasteiger partial charge >= 0.3 is 5.97 Å². The molecule has 0 heterocycles. The van der Waals surface area contributed by atoms with E-state index in [0.29, 0.717) is 18.8 Å². The van der Waals surface area contributed by atoms with E-state index in [0.717, 1.165) is 6.07 Å². The molecule has 1 rings (SSSR count). The first-order valence-electron chi connectivity index (χ1n) is 6.96. The summed E-state index contributed by atoms with van der Waals surface area (Å²) in [5.74, 6) is -1.76. The van der Waals surface area contributed by atoms with E-state index in [9.17, 15) is 19.7 Å². The molecule has 0 aliphatic carbocycles. The van der Waals surface area contributed by atoms with Gasteiger partial charge in [0, 0.05) is 6.07 Å². The number of rotatable bonds is 9. The Hall–Kier alpha value is -2.90. The molecule has 8 nitrogen and oxygen atoms in total. The summed E-state index contributed by atoms with van der Waals surface area (Å²) in [7, 11) is 0. The number of amides is 1. The lowest BCUT2D eigenvalue weighted by molar-refractivity contribution is -0.385. The maximum absolute atomic E-state index is 12.2. The number of hydrogen-bond acceptors (Lipinski definition) is 5. The van der Waals surface area contributed by atoms with Gasteiger partial charge in [-0.3, -0.25) is 14.9 Å². The number of nitro groups is 1. The minimum Gasteiger partial charge on any atom is -0.494 e. The molecule has 23 heavy (non-hydrogen) atoms. The highest BCUT2D eigenvalue weighted by Crippen LogP contribution is 2.24. The van der Waals surface area contributed by atoms with Crippen LogP contribution in [0, 0.1) is 10.1 Å². The normalized spacial score (nSPS) is 11.3. The minimum absolute atomic E-state index is 0.142. The summed E-state index contributed by atoms with van der Waals surface area (Å²) in [5.41, 5.74) is -0.662. The highest BCUT2D eigenvalue weighted by atomic mass is 16.6. The van der Waals surface area contributed by atoms with Crippen LogP contribution < -0.4 is 10.1 Å². The first-order valence-corrected chi connectivity index (χ1v) is 6.96. The van der Waals surface area contributed by atoms with Crippen LogP contribution in [0.15, 0.2) is 30.9 Å². The van der Waals surface area contributed by atoms with Crippen molar-refractivity contribution in [1.29, 1.82) is 0 Å². The van der Waals surface area contributed by atoms with Crippen molar-refractivity contribution in [3.63, 3.8) is 0 Å². The molecule has 0 aliphatic heterocycles. The SMILES string of the molecule is C=CCCC(NC(=O)c1cc(OCC)ccc1[N+](=O)[O-])C(=O)O. The van der Waals surface area contributed by atoms with Gasteiger partial charge in [-0.15, -0.1) is 6.58 Å². The zero-order valence-electron chi connectivity index (χ0n) is 12.7. The van der Waals surface area contributed by atoms with Gasteiger partial charge in [-0.2, -0.15) is 0 Å². The van der Waals surface area contributed by atoms with Crippen LogP contribution in [0.1, 0.15) is 30.1 Å². The second kappa shape index (κ2) is 8.52. The summed E-state index contributed by atoms with van der Waals surface area (Å²) in [5, 5.41) is 22.4.